The van der Waals surface area contributed by atoms with E-state index < -0.39 is 23.9 Å². The molecule has 3 aliphatic rings. The molecule has 2 heterocycles. The number of halogens is 1. The number of aliphatic imine (C=N–C) groups is 1. The third-order valence-electron chi connectivity index (χ3n) is 5.88. The third kappa shape index (κ3) is 4.83. The van der Waals surface area contributed by atoms with E-state index in [4.69, 9.17) is 11.6 Å². The smallest absolute Gasteiger partial charge is 0.319 e. The van der Waals surface area contributed by atoms with Gasteiger partial charge in [-0.3, -0.25) is 29.6 Å². The Labute approximate surface area is 195 Å². The van der Waals surface area contributed by atoms with Crippen molar-refractivity contribution in [3.63, 3.8) is 0 Å². The highest BCUT2D eigenvalue weighted by atomic mass is 35.5. The maximum Gasteiger partial charge on any atom is 0.319 e. The summed E-state index contributed by atoms with van der Waals surface area (Å²) < 4.78 is 0. The largest absolute Gasteiger partial charge is 0.334 e. The number of piperidine rings is 1. The number of rotatable bonds is 4. The van der Waals surface area contributed by atoms with Crippen LogP contribution < -0.4 is 16.0 Å². The predicted molar refractivity (Wildman–Crippen MR) is 124 cm³/mol. The summed E-state index contributed by atoms with van der Waals surface area (Å²) >= 11 is 6.09. The van der Waals surface area contributed by atoms with Crippen LogP contribution in [0.3, 0.4) is 0 Å². The number of anilines is 1. The molecule has 172 valence electrons. The molecule has 0 radical (unpaired) electrons. The van der Waals surface area contributed by atoms with E-state index in [-0.39, 0.29) is 37.2 Å². The van der Waals surface area contributed by atoms with Gasteiger partial charge >= 0.3 is 6.03 Å². The van der Waals surface area contributed by atoms with E-state index in [1.165, 1.54) is 4.90 Å². The molecule has 3 atom stereocenters. The topological polar surface area (TPSA) is 120 Å². The minimum Gasteiger partial charge on any atom is -0.334 e. The van der Waals surface area contributed by atoms with Crippen LogP contribution in [0.15, 0.2) is 47.0 Å². The fourth-order valence-electron chi connectivity index (χ4n) is 4.12. The first-order chi connectivity index (χ1) is 15.7. The predicted octanol–water partition coefficient (Wildman–Crippen LogP) is 2.32. The highest BCUT2D eigenvalue weighted by molar-refractivity contribution is 6.31. The van der Waals surface area contributed by atoms with Crippen molar-refractivity contribution in [2.75, 3.05) is 11.9 Å². The number of imide groups is 1. The molecule has 1 aromatic rings. The van der Waals surface area contributed by atoms with Gasteiger partial charge in [-0.25, -0.2) is 4.79 Å². The van der Waals surface area contributed by atoms with E-state index in [1.807, 2.05) is 25.1 Å². The average molecular weight is 470 g/mol. The normalized spacial score (nSPS) is 24.5. The van der Waals surface area contributed by atoms with Gasteiger partial charge in [-0.1, -0.05) is 35.9 Å². The molecule has 0 saturated carbocycles. The minimum absolute atomic E-state index is 0.174. The summed E-state index contributed by atoms with van der Waals surface area (Å²) in [6.45, 7) is 3.77. The van der Waals surface area contributed by atoms with Crippen LogP contribution in [0.25, 0.3) is 0 Å². The van der Waals surface area contributed by atoms with Crippen molar-refractivity contribution in [3.05, 3.63) is 52.6 Å². The Kier molecular flexibility index (Phi) is 6.33. The molecule has 0 spiro atoms. The van der Waals surface area contributed by atoms with Crippen LogP contribution in [0.2, 0.25) is 5.02 Å². The number of aryl methyl sites for hydroxylation is 1. The number of urea groups is 1. The molecule has 3 N–H and O–H groups in total. The molecule has 10 heteroatoms. The number of hydrogen-bond acceptors (Lipinski definition) is 5. The lowest BCUT2D eigenvalue weighted by Gasteiger charge is -2.39. The van der Waals surface area contributed by atoms with Gasteiger partial charge in [-0.05, 0) is 43.5 Å². The van der Waals surface area contributed by atoms with Gasteiger partial charge in [0.1, 0.15) is 11.9 Å². The first-order valence-electron chi connectivity index (χ1n) is 10.6. The zero-order valence-corrected chi connectivity index (χ0v) is 19.0. The van der Waals surface area contributed by atoms with Crippen LogP contribution in [0.4, 0.5) is 10.5 Å². The monoisotopic (exact) mass is 469 g/mol. The van der Waals surface area contributed by atoms with Crippen LogP contribution in [-0.2, 0) is 14.4 Å². The van der Waals surface area contributed by atoms with Crippen molar-refractivity contribution in [2.24, 2.45) is 10.9 Å². The highest BCUT2D eigenvalue weighted by Gasteiger charge is 2.43. The van der Waals surface area contributed by atoms with Crippen LogP contribution in [0, 0.1) is 12.8 Å². The number of fused-ring (bicyclic) bond motifs is 1. The average Bonchev–Trinajstić information content (AvgIpc) is 2.76. The number of nitrogens with one attached hydrogen (secondary N) is 3. The highest BCUT2D eigenvalue weighted by Crippen LogP contribution is 2.29. The first-order valence-corrected chi connectivity index (χ1v) is 11.0. The third-order valence-corrected chi connectivity index (χ3v) is 6.29. The number of carbonyl (C=O) groups excluding carboxylic acids is 4. The van der Waals surface area contributed by atoms with Crippen molar-refractivity contribution < 1.29 is 19.2 Å². The summed E-state index contributed by atoms with van der Waals surface area (Å²) in [5.41, 5.74) is 2.24. The minimum atomic E-state index is -0.757. The van der Waals surface area contributed by atoms with Crippen molar-refractivity contribution in [2.45, 2.75) is 38.8 Å². The quantitative estimate of drug-likeness (QED) is 0.586. The van der Waals surface area contributed by atoms with Gasteiger partial charge in [-0.2, -0.15) is 0 Å². The summed E-state index contributed by atoms with van der Waals surface area (Å²) in [6.07, 6.45) is 5.86. The number of amidine groups is 1. The number of benzene rings is 1. The lowest BCUT2D eigenvalue weighted by atomic mass is 9.88. The van der Waals surface area contributed by atoms with E-state index in [9.17, 15) is 19.2 Å². The molecule has 9 nitrogen and oxygen atoms in total. The Morgan fingerprint density at radius 3 is 2.79 bits per heavy atom. The van der Waals surface area contributed by atoms with E-state index in [2.05, 4.69) is 20.9 Å². The van der Waals surface area contributed by atoms with Crippen LogP contribution in [-0.4, -0.2) is 53.1 Å². The van der Waals surface area contributed by atoms with Crippen molar-refractivity contribution in [1.82, 2.24) is 15.5 Å². The molecule has 1 aromatic carbocycles. The molecule has 2 aliphatic heterocycles. The van der Waals surface area contributed by atoms with E-state index in [0.29, 0.717) is 16.5 Å². The molecule has 3 unspecified atom stereocenters. The second-order valence-electron chi connectivity index (χ2n) is 8.24. The van der Waals surface area contributed by atoms with Gasteiger partial charge in [0.05, 0.1) is 12.0 Å². The van der Waals surface area contributed by atoms with Gasteiger partial charge in [0.2, 0.25) is 17.7 Å². The Hall–Kier alpha value is -3.46. The summed E-state index contributed by atoms with van der Waals surface area (Å²) in [7, 11) is 0. The maximum atomic E-state index is 13.3. The number of amides is 5. The van der Waals surface area contributed by atoms with Crippen molar-refractivity contribution >= 4 is 46.9 Å². The Balaban J connectivity index is 1.42. The van der Waals surface area contributed by atoms with Gasteiger partial charge < -0.3 is 10.6 Å². The Bertz CT molecular complexity index is 1130. The van der Waals surface area contributed by atoms with E-state index >= 15 is 0 Å². The molecule has 1 aliphatic carbocycles. The molecule has 33 heavy (non-hydrogen) atoms. The number of carbonyl (C=O) groups is 4. The Morgan fingerprint density at radius 1 is 1.27 bits per heavy atom. The fourth-order valence-corrected chi connectivity index (χ4v) is 4.30. The fraction of sp³-hybridized carbons (Fsp3) is 0.348. The molecule has 5 amide bonds. The number of hydrogen-bond donors (Lipinski definition) is 3. The molecule has 1 saturated heterocycles. The zero-order valence-electron chi connectivity index (χ0n) is 18.2. The lowest BCUT2D eigenvalue weighted by Crippen LogP contribution is -2.59. The maximum absolute atomic E-state index is 13.3. The first kappa shape index (κ1) is 22.7. The van der Waals surface area contributed by atoms with Crippen molar-refractivity contribution in [3.8, 4) is 0 Å². The Morgan fingerprint density at radius 2 is 2.06 bits per heavy atom. The zero-order chi connectivity index (χ0) is 23.7. The molecular formula is C23H24ClN5O4. The van der Waals surface area contributed by atoms with Crippen LogP contribution in [0.1, 0.15) is 25.3 Å². The molecule has 4 rings (SSSR count). The van der Waals surface area contributed by atoms with Crippen LogP contribution >= 0.6 is 11.6 Å². The lowest BCUT2D eigenvalue weighted by molar-refractivity contribution is -0.144. The van der Waals surface area contributed by atoms with E-state index in [0.717, 1.165) is 11.1 Å². The molecule has 0 bridgehead atoms. The second-order valence-corrected chi connectivity index (χ2v) is 8.65. The van der Waals surface area contributed by atoms with Crippen LogP contribution in [0.5, 0.6) is 0 Å². The van der Waals surface area contributed by atoms with Gasteiger partial charge in [0.25, 0.3) is 0 Å². The summed E-state index contributed by atoms with van der Waals surface area (Å²) in [6, 6.07) is 3.72. The number of nitrogens with zero attached hydrogens (tertiary/aromatic N) is 2. The summed E-state index contributed by atoms with van der Waals surface area (Å²) in [5.74, 6) is -1.21. The molecular weight excluding hydrogens is 446 g/mol. The molecule has 0 aromatic heterocycles. The van der Waals surface area contributed by atoms with Crippen molar-refractivity contribution in [1.29, 1.82) is 0 Å². The molecule has 1 fully saturated rings. The summed E-state index contributed by atoms with van der Waals surface area (Å²) in [4.78, 5) is 55.3. The second kappa shape index (κ2) is 9.19. The standard InChI is InChI=1S/C23H24ClN5O4/c1-12-3-5-15(10-17(12)24)27-23(33)25-11-14-4-6-18-16(9-14)22(32)29(13(2)26-18)19-7-8-20(30)28-21(19)31/h3-6,9-10,16,18-19H,7-8,11H2,1-2H3,(H2,25,27,33)(H,28,30,31). The van der Waals surface area contributed by atoms with Gasteiger partial charge in [0, 0.05) is 23.7 Å². The van der Waals surface area contributed by atoms with E-state index in [1.54, 1.807) is 25.1 Å². The summed E-state index contributed by atoms with van der Waals surface area (Å²) in [5, 5.41) is 8.34. The SMILES string of the molecule is CC1=NC2C=CC(CNC(=O)Nc3ccc(C)c(Cl)c3)=CC2C(=O)N1C1CCC(=O)NC1=O. The van der Waals surface area contributed by atoms with Gasteiger partial charge in [-0.15, -0.1) is 0 Å². The van der Waals surface area contributed by atoms with Gasteiger partial charge in [0.15, 0.2) is 0 Å².